The summed E-state index contributed by atoms with van der Waals surface area (Å²) in [5.41, 5.74) is 2.92. The SMILES string of the molecule is CCOC(=O)/C(Cl)=N\Nc1ccc(S(N)(=O)=O)cc1. The van der Waals surface area contributed by atoms with Gasteiger partial charge < -0.3 is 4.74 Å². The summed E-state index contributed by atoms with van der Waals surface area (Å²) < 4.78 is 26.7. The third-order valence-corrected chi connectivity index (χ3v) is 3.08. The molecular formula is C10H12ClN3O4S. The Bertz CT molecular complexity index is 583. The highest BCUT2D eigenvalue weighted by Crippen LogP contribution is 2.12. The number of halogens is 1. The van der Waals surface area contributed by atoms with Crippen LogP contribution in [0.3, 0.4) is 0 Å². The molecule has 0 aliphatic carbocycles. The Labute approximate surface area is 115 Å². The van der Waals surface area contributed by atoms with Crippen molar-refractivity contribution in [2.75, 3.05) is 12.0 Å². The highest BCUT2D eigenvalue weighted by atomic mass is 35.5. The number of anilines is 1. The second-order valence-corrected chi connectivity index (χ2v) is 5.22. The largest absolute Gasteiger partial charge is 0.461 e. The van der Waals surface area contributed by atoms with E-state index in [0.717, 1.165) is 0 Å². The van der Waals surface area contributed by atoms with Gasteiger partial charge >= 0.3 is 5.97 Å². The molecule has 19 heavy (non-hydrogen) atoms. The number of hydrazone groups is 1. The van der Waals surface area contributed by atoms with Crippen LogP contribution in [0.2, 0.25) is 0 Å². The Hall–Kier alpha value is -1.64. The van der Waals surface area contributed by atoms with Gasteiger partial charge in [-0.2, -0.15) is 5.10 Å². The van der Waals surface area contributed by atoms with Gasteiger partial charge in [0.15, 0.2) is 0 Å². The molecule has 1 rings (SSSR count). The molecule has 9 heteroatoms. The third kappa shape index (κ3) is 4.86. The van der Waals surface area contributed by atoms with Crippen LogP contribution in [0.5, 0.6) is 0 Å². The summed E-state index contributed by atoms with van der Waals surface area (Å²) in [5.74, 6) is -0.752. The zero-order chi connectivity index (χ0) is 14.5. The van der Waals surface area contributed by atoms with Crippen LogP contribution in [0.4, 0.5) is 5.69 Å². The molecule has 0 aliphatic rings. The van der Waals surface area contributed by atoms with Crippen LogP contribution in [-0.4, -0.2) is 26.2 Å². The molecule has 7 nitrogen and oxygen atoms in total. The van der Waals surface area contributed by atoms with Crippen LogP contribution in [0.1, 0.15) is 6.92 Å². The van der Waals surface area contributed by atoms with Gasteiger partial charge in [0.1, 0.15) is 0 Å². The lowest BCUT2D eigenvalue weighted by Gasteiger charge is -2.03. The van der Waals surface area contributed by atoms with Crippen molar-refractivity contribution >= 4 is 38.5 Å². The van der Waals surface area contributed by atoms with E-state index in [-0.39, 0.29) is 16.7 Å². The zero-order valence-corrected chi connectivity index (χ0v) is 11.5. The van der Waals surface area contributed by atoms with E-state index in [1.807, 2.05) is 0 Å². The summed E-state index contributed by atoms with van der Waals surface area (Å²) >= 11 is 5.56. The van der Waals surface area contributed by atoms with E-state index in [2.05, 4.69) is 15.3 Å². The van der Waals surface area contributed by atoms with Gasteiger partial charge in [-0.3, -0.25) is 5.43 Å². The van der Waals surface area contributed by atoms with E-state index in [4.69, 9.17) is 16.7 Å². The number of nitrogens with zero attached hydrogens (tertiary/aromatic N) is 1. The third-order valence-electron chi connectivity index (χ3n) is 1.91. The number of esters is 1. The molecule has 0 bridgehead atoms. The zero-order valence-electron chi connectivity index (χ0n) is 9.96. The fraction of sp³-hybridized carbons (Fsp3) is 0.200. The molecule has 0 heterocycles. The van der Waals surface area contributed by atoms with Crippen molar-refractivity contribution in [2.24, 2.45) is 10.2 Å². The first-order valence-corrected chi connectivity index (χ1v) is 7.06. The number of ether oxygens (including phenoxy) is 1. The molecule has 104 valence electrons. The monoisotopic (exact) mass is 305 g/mol. The number of sulfonamides is 1. The van der Waals surface area contributed by atoms with Crippen LogP contribution < -0.4 is 10.6 Å². The minimum absolute atomic E-state index is 0.0291. The van der Waals surface area contributed by atoms with Gasteiger partial charge in [-0.25, -0.2) is 18.4 Å². The number of nitrogens with one attached hydrogen (secondary N) is 1. The average molecular weight is 306 g/mol. The molecule has 0 saturated carbocycles. The summed E-state index contributed by atoms with van der Waals surface area (Å²) in [6.07, 6.45) is 0. The van der Waals surface area contributed by atoms with E-state index in [0.29, 0.717) is 5.69 Å². The fourth-order valence-electron chi connectivity index (χ4n) is 1.07. The molecular weight excluding hydrogens is 294 g/mol. The predicted octanol–water partition coefficient (Wildman–Crippen LogP) is 0.861. The topological polar surface area (TPSA) is 111 Å². The molecule has 0 saturated heterocycles. The highest BCUT2D eigenvalue weighted by Gasteiger charge is 2.09. The second-order valence-electron chi connectivity index (χ2n) is 3.30. The molecule has 0 unspecified atom stereocenters. The van der Waals surface area contributed by atoms with Gasteiger partial charge in [-0.15, -0.1) is 0 Å². The fourth-order valence-corrected chi connectivity index (χ4v) is 1.68. The molecule has 1 aromatic rings. The van der Waals surface area contributed by atoms with Crippen molar-refractivity contribution in [1.29, 1.82) is 0 Å². The van der Waals surface area contributed by atoms with Crippen molar-refractivity contribution in [3.8, 4) is 0 Å². The lowest BCUT2D eigenvalue weighted by Crippen LogP contribution is -2.13. The Balaban J connectivity index is 2.74. The van der Waals surface area contributed by atoms with Crippen LogP contribution in [-0.2, 0) is 19.6 Å². The van der Waals surface area contributed by atoms with Gasteiger partial charge in [0.25, 0.3) is 0 Å². The summed E-state index contributed by atoms with van der Waals surface area (Å²) in [4.78, 5) is 11.1. The van der Waals surface area contributed by atoms with Crippen LogP contribution in [0.25, 0.3) is 0 Å². The van der Waals surface area contributed by atoms with Gasteiger partial charge in [-0.05, 0) is 31.2 Å². The normalized spacial score (nSPS) is 12.1. The molecule has 1 aromatic carbocycles. The number of primary sulfonamides is 1. The second kappa shape index (κ2) is 6.50. The molecule has 0 aromatic heterocycles. The standard InChI is InChI=1S/C10H12ClN3O4S/c1-2-18-10(15)9(11)14-13-7-3-5-8(6-4-7)19(12,16)17/h3-6,13H,2H2,1H3,(H2,12,16,17)/b14-9+. The minimum Gasteiger partial charge on any atom is -0.461 e. The molecule has 0 aliphatic heterocycles. The van der Waals surface area contributed by atoms with E-state index >= 15 is 0 Å². The van der Waals surface area contributed by atoms with Crippen molar-refractivity contribution in [3.05, 3.63) is 24.3 Å². The Morgan fingerprint density at radius 1 is 1.42 bits per heavy atom. The summed E-state index contributed by atoms with van der Waals surface area (Å²) in [7, 11) is -3.74. The van der Waals surface area contributed by atoms with Gasteiger partial charge in [0, 0.05) is 0 Å². The van der Waals surface area contributed by atoms with Crippen LogP contribution >= 0.6 is 11.6 Å². The Kier molecular flexibility index (Phi) is 5.28. The lowest BCUT2D eigenvalue weighted by atomic mass is 10.3. The van der Waals surface area contributed by atoms with E-state index < -0.39 is 16.0 Å². The Morgan fingerprint density at radius 2 is 2.00 bits per heavy atom. The quantitative estimate of drug-likeness (QED) is 0.476. The first kappa shape index (κ1) is 15.4. The van der Waals surface area contributed by atoms with Crippen molar-refractivity contribution in [3.63, 3.8) is 0 Å². The number of benzene rings is 1. The first-order valence-electron chi connectivity index (χ1n) is 5.13. The number of hydrogen-bond acceptors (Lipinski definition) is 6. The number of hydrogen-bond donors (Lipinski definition) is 2. The Morgan fingerprint density at radius 3 is 2.47 bits per heavy atom. The molecule has 0 radical (unpaired) electrons. The van der Waals surface area contributed by atoms with Crippen molar-refractivity contribution in [1.82, 2.24) is 0 Å². The van der Waals surface area contributed by atoms with Gasteiger partial charge in [0.2, 0.25) is 15.2 Å². The first-order chi connectivity index (χ1) is 8.84. The lowest BCUT2D eigenvalue weighted by molar-refractivity contribution is -0.134. The average Bonchev–Trinajstić information content (AvgIpc) is 2.35. The summed E-state index contributed by atoms with van der Waals surface area (Å²) in [6, 6.07) is 5.45. The number of rotatable bonds is 5. The van der Waals surface area contributed by atoms with Crippen molar-refractivity contribution < 1.29 is 17.9 Å². The minimum atomic E-state index is -3.74. The summed E-state index contributed by atoms with van der Waals surface area (Å²) in [6.45, 7) is 1.83. The molecule has 3 N–H and O–H groups in total. The number of carbonyl (C=O) groups is 1. The van der Waals surface area contributed by atoms with E-state index in [1.165, 1.54) is 24.3 Å². The number of nitrogens with two attached hydrogens (primary N) is 1. The van der Waals surface area contributed by atoms with Gasteiger partial charge in [-0.1, -0.05) is 11.6 Å². The predicted molar refractivity (Wildman–Crippen MR) is 71.4 cm³/mol. The highest BCUT2D eigenvalue weighted by molar-refractivity contribution is 7.89. The van der Waals surface area contributed by atoms with Crippen LogP contribution in [0, 0.1) is 0 Å². The van der Waals surface area contributed by atoms with E-state index in [1.54, 1.807) is 6.92 Å². The van der Waals surface area contributed by atoms with E-state index in [9.17, 15) is 13.2 Å². The molecule has 0 fully saturated rings. The summed E-state index contributed by atoms with van der Waals surface area (Å²) in [5, 5.41) is 8.16. The maximum atomic E-state index is 11.1. The van der Waals surface area contributed by atoms with Crippen molar-refractivity contribution in [2.45, 2.75) is 11.8 Å². The number of carbonyl (C=O) groups excluding carboxylic acids is 1. The molecule has 0 amide bonds. The molecule has 0 spiro atoms. The maximum Gasteiger partial charge on any atom is 0.370 e. The maximum absolute atomic E-state index is 11.1. The molecule has 0 atom stereocenters. The van der Waals surface area contributed by atoms with Crippen LogP contribution in [0.15, 0.2) is 34.3 Å². The van der Waals surface area contributed by atoms with Gasteiger partial charge in [0.05, 0.1) is 17.2 Å². The smallest absolute Gasteiger partial charge is 0.370 e.